The van der Waals surface area contributed by atoms with E-state index in [1.165, 1.54) is 6.42 Å². The van der Waals surface area contributed by atoms with E-state index in [2.05, 4.69) is 41.0 Å². The van der Waals surface area contributed by atoms with Crippen molar-refractivity contribution in [3.63, 3.8) is 0 Å². The van der Waals surface area contributed by atoms with Crippen LogP contribution in [0.15, 0.2) is 55.0 Å². The molecule has 3 N–H and O–H groups in total. The number of carbonyl (C=O) groups excluding carboxylic acids is 1. The maximum atomic E-state index is 13.1. The van der Waals surface area contributed by atoms with E-state index in [9.17, 15) is 4.79 Å². The Balaban J connectivity index is 0.00000163. The zero-order chi connectivity index (χ0) is 26.7. The van der Waals surface area contributed by atoms with Crippen molar-refractivity contribution in [3.8, 4) is 16.9 Å². The highest BCUT2D eigenvalue weighted by Gasteiger charge is 2.17. The molecule has 7 nitrogen and oxygen atoms in total. The van der Waals surface area contributed by atoms with E-state index in [0.29, 0.717) is 5.56 Å². The summed E-state index contributed by atoms with van der Waals surface area (Å²) in [6.07, 6.45) is 6.89. The second kappa shape index (κ2) is 14.0. The van der Waals surface area contributed by atoms with Gasteiger partial charge in [0, 0.05) is 56.0 Å². The van der Waals surface area contributed by atoms with Gasteiger partial charge in [0.1, 0.15) is 5.75 Å². The normalized spacial score (nSPS) is 11.4. The molecule has 1 amide bonds. The van der Waals surface area contributed by atoms with Crippen LogP contribution in [0.25, 0.3) is 11.1 Å². The fourth-order valence-electron chi connectivity index (χ4n) is 3.70. The van der Waals surface area contributed by atoms with Gasteiger partial charge in [0.2, 0.25) is 0 Å². The fourth-order valence-corrected chi connectivity index (χ4v) is 3.70. The van der Waals surface area contributed by atoms with E-state index in [1.54, 1.807) is 11.8 Å². The summed E-state index contributed by atoms with van der Waals surface area (Å²) in [6.45, 7) is 13.0. The Labute approximate surface area is 217 Å². The monoisotopic (exact) mass is 493 g/mol. The lowest BCUT2D eigenvalue weighted by atomic mass is 9.99. The zero-order valence-corrected chi connectivity index (χ0v) is 22.9. The lowest BCUT2D eigenvalue weighted by molar-refractivity contribution is 0.0939. The summed E-state index contributed by atoms with van der Waals surface area (Å²) in [6, 6.07) is 11.6. The first-order valence-electron chi connectivity index (χ1n) is 12.5. The summed E-state index contributed by atoms with van der Waals surface area (Å²) >= 11 is 0. The third-order valence-electron chi connectivity index (χ3n) is 5.51. The number of anilines is 1. The molecule has 0 bridgehead atoms. The molecule has 36 heavy (non-hydrogen) atoms. The molecule has 0 saturated carbocycles. The van der Waals surface area contributed by atoms with Gasteiger partial charge in [-0.15, -0.1) is 0 Å². The number of benzene rings is 2. The first-order valence-corrected chi connectivity index (χ1v) is 12.5. The lowest BCUT2D eigenvalue weighted by Gasteiger charge is -2.18. The second-order valence-electron chi connectivity index (χ2n) is 8.73. The molecule has 3 rings (SSSR count). The van der Waals surface area contributed by atoms with Crippen LogP contribution in [-0.2, 0) is 7.05 Å². The van der Waals surface area contributed by atoms with Crippen molar-refractivity contribution < 1.29 is 11.0 Å². The van der Waals surface area contributed by atoms with Crippen LogP contribution in [0.4, 0.5) is 5.69 Å². The van der Waals surface area contributed by atoms with Crippen LogP contribution in [-0.4, -0.2) is 29.3 Å². The number of hydrogen-bond acceptors (Lipinski definition) is 5. The quantitative estimate of drug-likeness (QED) is 0.323. The lowest BCUT2D eigenvalue weighted by Crippen LogP contribution is -2.27. The molecule has 1 aromatic heterocycles. The summed E-state index contributed by atoms with van der Waals surface area (Å²) in [4.78, 5) is 13.1. The minimum Gasteiger partial charge on any atom is -0.496 e. The van der Waals surface area contributed by atoms with Crippen molar-refractivity contribution in [2.45, 2.75) is 54.0 Å². The smallest absolute Gasteiger partial charge is 0.252 e. The first kappa shape index (κ1) is 28.5. The molecule has 0 radical (unpaired) electrons. The molecule has 0 aliphatic heterocycles. The highest BCUT2D eigenvalue weighted by molar-refractivity contribution is 5.96. The molecule has 3 aromatic rings. The molecule has 1 atom stereocenters. The van der Waals surface area contributed by atoms with Gasteiger partial charge in [-0.05, 0) is 63.1 Å². The van der Waals surface area contributed by atoms with Crippen molar-refractivity contribution in [2.24, 2.45) is 7.05 Å². The van der Waals surface area contributed by atoms with Crippen LogP contribution in [0.2, 0.25) is 0 Å². The van der Waals surface area contributed by atoms with E-state index < -0.39 is 0 Å². The van der Waals surface area contributed by atoms with Gasteiger partial charge >= 0.3 is 0 Å². The van der Waals surface area contributed by atoms with E-state index in [1.807, 2.05) is 83.7 Å². The van der Waals surface area contributed by atoms with Crippen molar-refractivity contribution >= 4 is 11.6 Å². The number of carbonyl (C=O) groups is 1. The molecule has 0 fully saturated rings. The van der Waals surface area contributed by atoms with E-state index in [4.69, 9.17) is 4.74 Å². The van der Waals surface area contributed by atoms with Crippen molar-refractivity contribution in [1.82, 2.24) is 20.4 Å². The van der Waals surface area contributed by atoms with Crippen LogP contribution in [0.5, 0.6) is 5.75 Å². The van der Waals surface area contributed by atoms with E-state index >= 15 is 0 Å². The number of aryl methyl sites for hydroxylation is 3. The van der Waals surface area contributed by atoms with Crippen LogP contribution < -0.4 is 20.7 Å². The predicted octanol–water partition coefficient (Wildman–Crippen LogP) is 6.36. The standard InChI is InChI=1S/C26H33N5O2.C3H8.H2/c1-7-27-12-13-28-21-10-8-17(2)22(15-21)26(32)29-18(3)20-9-11-25(33-6)23(14-20)24-16-31(5)30-19(24)4;1-3-2;/h8-16,18,27-28H,7H2,1-6H3,(H,29,32);3H2,1-2H3;1H/b13-12-;;/t18-;;/m1../s1. The summed E-state index contributed by atoms with van der Waals surface area (Å²) < 4.78 is 7.38. The molecule has 0 spiro atoms. The largest absolute Gasteiger partial charge is 0.496 e. The van der Waals surface area contributed by atoms with Gasteiger partial charge in [-0.1, -0.05) is 32.4 Å². The van der Waals surface area contributed by atoms with Gasteiger partial charge in [0.05, 0.1) is 18.8 Å². The molecular formula is C29H43N5O2. The Morgan fingerprint density at radius 2 is 1.83 bits per heavy atom. The Kier molecular flexibility index (Phi) is 11.1. The summed E-state index contributed by atoms with van der Waals surface area (Å²) in [5, 5.41) is 13.9. The predicted molar refractivity (Wildman–Crippen MR) is 152 cm³/mol. The van der Waals surface area contributed by atoms with Crippen LogP contribution in [0.3, 0.4) is 0 Å². The summed E-state index contributed by atoms with van der Waals surface area (Å²) in [5.41, 5.74) is 6.29. The third-order valence-corrected chi connectivity index (χ3v) is 5.51. The number of ether oxygens (including phenoxy) is 1. The summed E-state index contributed by atoms with van der Waals surface area (Å²) in [5.74, 6) is 0.655. The number of hydrogen-bond donors (Lipinski definition) is 3. The summed E-state index contributed by atoms with van der Waals surface area (Å²) in [7, 11) is 3.56. The van der Waals surface area contributed by atoms with Crippen molar-refractivity contribution in [3.05, 3.63) is 77.4 Å². The van der Waals surface area contributed by atoms with Crippen LogP contribution in [0, 0.1) is 13.8 Å². The van der Waals surface area contributed by atoms with Gasteiger partial charge in [-0.25, -0.2) is 0 Å². The minimum atomic E-state index is -0.191. The maximum Gasteiger partial charge on any atom is 0.252 e. The molecule has 0 unspecified atom stereocenters. The van der Waals surface area contributed by atoms with Crippen molar-refractivity contribution in [1.29, 1.82) is 0 Å². The van der Waals surface area contributed by atoms with Gasteiger partial charge in [0.25, 0.3) is 5.91 Å². The molecular weight excluding hydrogens is 450 g/mol. The Morgan fingerprint density at radius 1 is 1.11 bits per heavy atom. The van der Waals surface area contributed by atoms with Gasteiger partial charge < -0.3 is 20.7 Å². The van der Waals surface area contributed by atoms with Gasteiger partial charge in [-0.3, -0.25) is 9.48 Å². The highest BCUT2D eigenvalue weighted by Crippen LogP contribution is 2.34. The molecule has 2 aromatic carbocycles. The molecule has 0 aliphatic rings. The van der Waals surface area contributed by atoms with E-state index in [0.717, 1.165) is 45.9 Å². The molecule has 7 heteroatoms. The average Bonchev–Trinajstić information content (AvgIpc) is 3.20. The SMILES string of the molecule is CCC.CCN/C=C\Nc1ccc(C)c(C(=O)N[C@H](C)c2ccc(OC)c(-c3cn(C)nc3C)c2)c1.[HH]. The van der Waals surface area contributed by atoms with Crippen LogP contribution >= 0.6 is 0 Å². The first-order chi connectivity index (χ1) is 17.2. The Hall–Kier alpha value is -3.74. The number of nitrogens with zero attached hydrogens (tertiary/aromatic N) is 2. The topological polar surface area (TPSA) is 80.2 Å². The molecule has 0 aliphatic carbocycles. The average molecular weight is 494 g/mol. The van der Waals surface area contributed by atoms with Gasteiger partial charge in [-0.2, -0.15) is 5.10 Å². The second-order valence-corrected chi connectivity index (χ2v) is 8.73. The number of rotatable bonds is 9. The molecule has 1 heterocycles. The van der Waals surface area contributed by atoms with E-state index in [-0.39, 0.29) is 13.4 Å². The zero-order valence-electron chi connectivity index (χ0n) is 22.9. The highest BCUT2D eigenvalue weighted by atomic mass is 16.5. The van der Waals surface area contributed by atoms with Gasteiger partial charge in [0.15, 0.2) is 0 Å². The van der Waals surface area contributed by atoms with Crippen molar-refractivity contribution in [2.75, 3.05) is 19.0 Å². The molecule has 196 valence electrons. The Bertz CT molecular complexity index is 1170. The molecule has 0 saturated heterocycles. The van der Waals surface area contributed by atoms with Crippen LogP contribution in [0.1, 0.15) is 68.8 Å². The third kappa shape index (κ3) is 7.63. The maximum absolute atomic E-state index is 13.1. The fraction of sp³-hybridized carbons (Fsp3) is 0.379. The number of nitrogens with one attached hydrogen (secondary N) is 3. The number of amides is 1. The number of aromatic nitrogens is 2. The number of methoxy groups -OCH3 is 1. The minimum absolute atomic E-state index is 0. The Morgan fingerprint density at radius 3 is 2.44 bits per heavy atom.